The predicted octanol–water partition coefficient (Wildman–Crippen LogP) is 1.78. The lowest BCUT2D eigenvalue weighted by atomic mass is 10.1. The lowest BCUT2D eigenvalue weighted by Crippen LogP contribution is -2.47. The van der Waals surface area contributed by atoms with Gasteiger partial charge in [0.1, 0.15) is 0 Å². The zero-order valence-corrected chi connectivity index (χ0v) is 11.8. The first-order valence-electron chi connectivity index (χ1n) is 7.37. The van der Waals surface area contributed by atoms with Crippen LogP contribution in [0.4, 0.5) is 0 Å². The third-order valence-electron chi connectivity index (χ3n) is 3.52. The summed E-state index contributed by atoms with van der Waals surface area (Å²) in [5.41, 5.74) is 5.49. The van der Waals surface area contributed by atoms with Gasteiger partial charge in [-0.1, -0.05) is 26.7 Å². The largest absolute Gasteiger partial charge is 0.330 e. The number of nitrogens with zero attached hydrogens (tertiary/aromatic N) is 2. The quantitative estimate of drug-likeness (QED) is 0.658. The molecule has 1 heterocycles. The molecule has 0 aromatic rings. The van der Waals surface area contributed by atoms with Crippen molar-refractivity contribution in [2.24, 2.45) is 11.7 Å². The molecule has 3 nitrogen and oxygen atoms in total. The van der Waals surface area contributed by atoms with Gasteiger partial charge < -0.3 is 15.5 Å². The summed E-state index contributed by atoms with van der Waals surface area (Å²) in [6, 6.07) is 0. The molecule has 0 aliphatic carbocycles. The number of hydrogen-bond donors (Lipinski definition) is 1. The first kappa shape index (κ1) is 14.9. The van der Waals surface area contributed by atoms with E-state index >= 15 is 0 Å². The molecule has 0 radical (unpaired) electrons. The Hall–Kier alpha value is -0.120. The standard InChI is InChI=1S/C14H31N3/c1-14(2)13-17-11-9-16(10-12-17)8-6-4-3-5-7-15/h14H,3-13,15H2,1-2H3. The maximum Gasteiger partial charge on any atom is 0.0110 e. The highest BCUT2D eigenvalue weighted by Gasteiger charge is 2.16. The van der Waals surface area contributed by atoms with Crippen molar-refractivity contribution in [3.63, 3.8) is 0 Å². The third kappa shape index (κ3) is 7.02. The van der Waals surface area contributed by atoms with E-state index in [1.54, 1.807) is 0 Å². The third-order valence-corrected chi connectivity index (χ3v) is 3.52. The van der Waals surface area contributed by atoms with Crippen LogP contribution in [0.1, 0.15) is 39.5 Å². The molecular formula is C14H31N3. The summed E-state index contributed by atoms with van der Waals surface area (Å²) in [5.74, 6) is 0.804. The van der Waals surface area contributed by atoms with Crippen LogP contribution < -0.4 is 5.73 Å². The normalized spacial score (nSPS) is 19.1. The molecule has 0 spiro atoms. The minimum Gasteiger partial charge on any atom is -0.330 e. The fraction of sp³-hybridized carbons (Fsp3) is 1.00. The highest BCUT2D eigenvalue weighted by molar-refractivity contribution is 4.72. The molecule has 0 aromatic heterocycles. The van der Waals surface area contributed by atoms with Crippen molar-refractivity contribution in [2.75, 3.05) is 45.8 Å². The number of unbranched alkanes of at least 4 members (excludes halogenated alkanes) is 3. The maximum absolute atomic E-state index is 5.49. The second kappa shape index (κ2) is 8.90. The Kier molecular flexibility index (Phi) is 7.82. The molecule has 1 saturated heterocycles. The molecule has 1 rings (SSSR count). The highest BCUT2D eigenvalue weighted by Crippen LogP contribution is 2.07. The molecule has 102 valence electrons. The van der Waals surface area contributed by atoms with E-state index in [1.165, 1.54) is 65.0 Å². The Morgan fingerprint density at radius 1 is 0.882 bits per heavy atom. The minimum absolute atomic E-state index is 0.804. The summed E-state index contributed by atoms with van der Waals surface area (Å²) in [5, 5.41) is 0. The number of rotatable bonds is 8. The van der Waals surface area contributed by atoms with Gasteiger partial charge in [0.05, 0.1) is 0 Å². The van der Waals surface area contributed by atoms with E-state index in [4.69, 9.17) is 5.73 Å². The topological polar surface area (TPSA) is 32.5 Å². The van der Waals surface area contributed by atoms with Crippen molar-refractivity contribution in [1.82, 2.24) is 9.80 Å². The van der Waals surface area contributed by atoms with Gasteiger partial charge in [-0.2, -0.15) is 0 Å². The molecule has 0 bridgehead atoms. The van der Waals surface area contributed by atoms with Gasteiger partial charge in [0.25, 0.3) is 0 Å². The van der Waals surface area contributed by atoms with Crippen LogP contribution in [0.25, 0.3) is 0 Å². The van der Waals surface area contributed by atoms with Crippen LogP contribution in [0.2, 0.25) is 0 Å². The van der Waals surface area contributed by atoms with Gasteiger partial charge >= 0.3 is 0 Å². The van der Waals surface area contributed by atoms with Gasteiger partial charge in [0.15, 0.2) is 0 Å². The van der Waals surface area contributed by atoms with Crippen molar-refractivity contribution < 1.29 is 0 Å². The monoisotopic (exact) mass is 241 g/mol. The van der Waals surface area contributed by atoms with Crippen LogP contribution in [0, 0.1) is 5.92 Å². The molecule has 0 saturated carbocycles. The van der Waals surface area contributed by atoms with E-state index in [2.05, 4.69) is 23.6 Å². The molecule has 2 N–H and O–H groups in total. The van der Waals surface area contributed by atoms with Gasteiger partial charge in [0, 0.05) is 32.7 Å². The van der Waals surface area contributed by atoms with Gasteiger partial charge in [-0.3, -0.25) is 0 Å². The Balaban J connectivity index is 1.99. The lowest BCUT2D eigenvalue weighted by molar-refractivity contribution is 0.121. The van der Waals surface area contributed by atoms with Crippen LogP contribution in [0.3, 0.4) is 0 Å². The number of piperazine rings is 1. The average molecular weight is 241 g/mol. The molecule has 1 fully saturated rings. The molecule has 17 heavy (non-hydrogen) atoms. The second-order valence-corrected chi connectivity index (χ2v) is 5.74. The summed E-state index contributed by atoms with van der Waals surface area (Å²) in [6.45, 7) is 13.1. The smallest absolute Gasteiger partial charge is 0.0110 e. The zero-order chi connectivity index (χ0) is 12.5. The summed E-state index contributed by atoms with van der Waals surface area (Å²) < 4.78 is 0. The summed E-state index contributed by atoms with van der Waals surface area (Å²) >= 11 is 0. The Morgan fingerprint density at radius 2 is 1.47 bits per heavy atom. The Labute approximate surface area is 107 Å². The van der Waals surface area contributed by atoms with Crippen molar-refractivity contribution in [3.05, 3.63) is 0 Å². The van der Waals surface area contributed by atoms with Crippen LogP contribution in [0.15, 0.2) is 0 Å². The van der Waals surface area contributed by atoms with Gasteiger partial charge in [-0.25, -0.2) is 0 Å². The lowest BCUT2D eigenvalue weighted by Gasteiger charge is -2.35. The van der Waals surface area contributed by atoms with Crippen LogP contribution in [-0.2, 0) is 0 Å². The van der Waals surface area contributed by atoms with Crippen LogP contribution in [0.5, 0.6) is 0 Å². The first-order valence-corrected chi connectivity index (χ1v) is 7.37. The van der Waals surface area contributed by atoms with Gasteiger partial charge in [-0.15, -0.1) is 0 Å². The van der Waals surface area contributed by atoms with Crippen LogP contribution >= 0.6 is 0 Å². The summed E-state index contributed by atoms with van der Waals surface area (Å²) in [7, 11) is 0. The van der Waals surface area contributed by atoms with Crippen molar-refractivity contribution in [1.29, 1.82) is 0 Å². The summed E-state index contributed by atoms with van der Waals surface area (Å²) in [6.07, 6.45) is 5.21. The molecule has 1 aliphatic heterocycles. The predicted molar refractivity (Wildman–Crippen MR) is 75.2 cm³/mol. The van der Waals surface area contributed by atoms with Gasteiger partial charge in [0.2, 0.25) is 0 Å². The minimum atomic E-state index is 0.804. The second-order valence-electron chi connectivity index (χ2n) is 5.74. The summed E-state index contributed by atoms with van der Waals surface area (Å²) in [4.78, 5) is 5.23. The molecule has 0 amide bonds. The fourth-order valence-corrected chi connectivity index (χ4v) is 2.55. The van der Waals surface area contributed by atoms with E-state index in [9.17, 15) is 0 Å². The fourth-order valence-electron chi connectivity index (χ4n) is 2.55. The maximum atomic E-state index is 5.49. The van der Waals surface area contributed by atoms with Crippen molar-refractivity contribution in [3.8, 4) is 0 Å². The molecule has 3 heteroatoms. The molecule has 1 aliphatic rings. The Bertz CT molecular complexity index is 174. The Morgan fingerprint density at radius 3 is 2.06 bits per heavy atom. The SMILES string of the molecule is CC(C)CN1CCN(CCCCCCN)CC1. The van der Waals surface area contributed by atoms with Crippen molar-refractivity contribution >= 4 is 0 Å². The first-order chi connectivity index (χ1) is 8.22. The van der Waals surface area contributed by atoms with Gasteiger partial charge in [-0.05, 0) is 31.8 Å². The molecule has 0 unspecified atom stereocenters. The molecule has 0 atom stereocenters. The van der Waals surface area contributed by atoms with E-state index in [1.807, 2.05) is 0 Å². The molecule has 0 aromatic carbocycles. The average Bonchev–Trinajstić information content (AvgIpc) is 2.30. The number of nitrogens with two attached hydrogens (primary N) is 1. The molecular weight excluding hydrogens is 210 g/mol. The number of hydrogen-bond acceptors (Lipinski definition) is 3. The zero-order valence-electron chi connectivity index (χ0n) is 11.8. The van der Waals surface area contributed by atoms with E-state index in [-0.39, 0.29) is 0 Å². The van der Waals surface area contributed by atoms with E-state index in [0.29, 0.717) is 0 Å². The van der Waals surface area contributed by atoms with E-state index in [0.717, 1.165) is 12.5 Å². The van der Waals surface area contributed by atoms with E-state index < -0.39 is 0 Å². The van der Waals surface area contributed by atoms with Crippen LogP contribution in [-0.4, -0.2) is 55.6 Å². The van der Waals surface area contributed by atoms with Crippen molar-refractivity contribution in [2.45, 2.75) is 39.5 Å². The highest BCUT2D eigenvalue weighted by atomic mass is 15.3.